The van der Waals surface area contributed by atoms with E-state index in [9.17, 15) is 4.79 Å². The lowest BCUT2D eigenvalue weighted by Gasteiger charge is -2.35. The van der Waals surface area contributed by atoms with E-state index in [1.807, 2.05) is 13.8 Å². The van der Waals surface area contributed by atoms with Gasteiger partial charge in [-0.05, 0) is 51.1 Å². The summed E-state index contributed by atoms with van der Waals surface area (Å²) in [5, 5.41) is 9.79. The third kappa shape index (κ3) is 4.80. The highest BCUT2D eigenvalue weighted by atomic mass is 16.5. The smallest absolute Gasteiger partial charge is 0.248 e. The van der Waals surface area contributed by atoms with Gasteiger partial charge in [0.05, 0.1) is 5.69 Å². The summed E-state index contributed by atoms with van der Waals surface area (Å²) in [5.74, 6) is 0.203. The number of likely N-dealkylation sites (N-methyl/N-ethyl adjacent to an activating group) is 1. The van der Waals surface area contributed by atoms with Crippen molar-refractivity contribution in [3.8, 4) is 0 Å². The van der Waals surface area contributed by atoms with Crippen LogP contribution in [0, 0.1) is 13.8 Å². The van der Waals surface area contributed by atoms with Crippen LogP contribution < -0.4 is 15.5 Å². The molecule has 7 nitrogen and oxygen atoms in total. The second kappa shape index (κ2) is 8.43. The number of hydrogen-bond acceptors (Lipinski definition) is 6. The van der Waals surface area contributed by atoms with Crippen molar-refractivity contribution in [3.63, 3.8) is 0 Å². The van der Waals surface area contributed by atoms with Crippen LogP contribution in [0.3, 0.4) is 0 Å². The lowest BCUT2D eigenvalue weighted by atomic mass is 10.1. The molecule has 1 amide bonds. The molecule has 1 unspecified atom stereocenters. The molecule has 0 radical (unpaired) electrons. The predicted octanol–water partition coefficient (Wildman–Crippen LogP) is 2.87. The van der Waals surface area contributed by atoms with Crippen molar-refractivity contribution in [1.29, 1.82) is 0 Å². The minimum Gasteiger partial charge on any atom is -0.374 e. The zero-order chi connectivity index (χ0) is 19.4. The molecule has 7 heteroatoms. The fourth-order valence-electron chi connectivity index (χ4n) is 3.28. The molecule has 1 aromatic carbocycles. The van der Waals surface area contributed by atoms with Crippen molar-refractivity contribution >= 4 is 23.2 Å². The molecule has 1 aromatic heterocycles. The van der Waals surface area contributed by atoms with Crippen molar-refractivity contribution in [2.45, 2.75) is 33.7 Å². The highest BCUT2D eigenvalue weighted by Gasteiger charge is 2.18. The van der Waals surface area contributed by atoms with Crippen LogP contribution in [0.15, 0.2) is 28.8 Å². The summed E-state index contributed by atoms with van der Waals surface area (Å²) < 4.78 is 5.04. The second-order valence-corrected chi connectivity index (χ2v) is 7.11. The van der Waals surface area contributed by atoms with Gasteiger partial charge < -0.3 is 19.6 Å². The fourth-order valence-corrected chi connectivity index (χ4v) is 3.28. The third-order valence-electron chi connectivity index (χ3n) is 5.03. The number of hydrogen-bond donors (Lipinski definition) is 2. The molecular formula is C20H29N5O2. The van der Waals surface area contributed by atoms with Gasteiger partial charge in [0.25, 0.3) is 0 Å². The number of piperazine rings is 1. The Balaban J connectivity index is 1.59. The maximum atomic E-state index is 12.3. The number of amides is 1. The molecule has 2 aromatic rings. The normalized spacial score (nSPS) is 16.2. The molecule has 146 valence electrons. The minimum absolute atomic E-state index is 0.162. The van der Waals surface area contributed by atoms with E-state index in [1.165, 1.54) is 5.69 Å². The summed E-state index contributed by atoms with van der Waals surface area (Å²) in [6, 6.07) is 7.67. The van der Waals surface area contributed by atoms with Crippen LogP contribution >= 0.6 is 0 Å². The molecule has 0 aliphatic carbocycles. The highest BCUT2D eigenvalue weighted by Crippen LogP contribution is 2.24. The van der Waals surface area contributed by atoms with Gasteiger partial charge in [0.2, 0.25) is 11.8 Å². The number of benzene rings is 1. The molecule has 0 saturated carbocycles. The van der Waals surface area contributed by atoms with Crippen LogP contribution in [-0.2, 0) is 4.79 Å². The van der Waals surface area contributed by atoms with E-state index in [2.05, 4.69) is 57.6 Å². The monoisotopic (exact) mass is 371 g/mol. The minimum atomic E-state index is -0.395. The Kier molecular flexibility index (Phi) is 6.01. The number of carbonyl (C=O) groups is 1. The Morgan fingerprint density at radius 2 is 1.96 bits per heavy atom. The number of aryl methyl sites for hydroxylation is 2. The first-order valence-corrected chi connectivity index (χ1v) is 9.55. The molecule has 0 spiro atoms. The van der Waals surface area contributed by atoms with E-state index in [0.29, 0.717) is 5.88 Å². The third-order valence-corrected chi connectivity index (χ3v) is 5.03. The number of anilines is 3. The predicted molar refractivity (Wildman–Crippen MR) is 108 cm³/mol. The fraction of sp³-hybridized carbons (Fsp3) is 0.500. The van der Waals surface area contributed by atoms with Gasteiger partial charge in [0.1, 0.15) is 6.04 Å². The first-order chi connectivity index (χ1) is 13.0. The van der Waals surface area contributed by atoms with Crippen LogP contribution in [0.5, 0.6) is 0 Å². The van der Waals surface area contributed by atoms with E-state index in [1.54, 1.807) is 6.07 Å². The van der Waals surface area contributed by atoms with Gasteiger partial charge >= 0.3 is 0 Å². The first-order valence-electron chi connectivity index (χ1n) is 9.55. The highest BCUT2D eigenvalue weighted by molar-refractivity contribution is 5.95. The molecule has 0 bridgehead atoms. The molecular weight excluding hydrogens is 342 g/mol. The molecule has 2 N–H and O–H groups in total. The summed E-state index contributed by atoms with van der Waals surface area (Å²) in [5.41, 5.74) is 4.06. The van der Waals surface area contributed by atoms with Crippen molar-refractivity contribution in [1.82, 2.24) is 10.1 Å². The summed E-state index contributed by atoms with van der Waals surface area (Å²) in [4.78, 5) is 17.2. The SMILES string of the molecule is CCN1CCN(c2ccc(NC(C)C(=O)Nc3cc(C)no3)c(C)c2)CC1. The average Bonchev–Trinajstić information content (AvgIpc) is 3.08. The topological polar surface area (TPSA) is 73.6 Å². The largest absolute Gasteiger partial charge is 0.374 e. The molecule has 1 atom stereocenters. The van der Waals surface area contributed by atoms with E-state index in [-0.39, 0.29) is 5.91 Å². The van der Waals surface area contributed by atoms with E-state index >= 15 is 0 Å². The van der Waals surface area contributed by atoms with Gasteiger partial charge in [-0.3, -0.25) is 10.1 Å². The van der Waals surface area contributed by atoms with Gasteiger partial charge in [-0.15, -0.1) is 0 Å². The number of carbonyl (C=O) groups excluding carboxylic acids is 1. The van der Waals surface area contributed by atoms with Crippen molar-refractivity contribution < 1.29 is 9.32 Å². The Hall–Kier alpha value is -2.54. The number of aromatic nitrogens is 1. The number of nitrogens with zero attached hydrogens (tertiary/aromatic N) is 3. The Morgan fingerprint density at radius 1 is 1.22 bits per heavy atom. The Bertz CT molecular complexity index is 780. The molecule has 2 heterocycles. The first kappa shape index (κ1) is 19.2. The quantitative estimate of drug-likeness (QED) is 0.813. The standard InChI is InChI=1S/C20H29N5O2/c1-5-24-8-10-25(11-9-24)17-6-7-18(14(2)12-17)21-16(4)20(26)22-19-13-15(3)23-27-19/h6-7,12-13,16,21H,5,8-11H2,1-4H3,(H,22,26). The second-order valence-electron chi connectivity index (χ2n) is 7.11. The summed E-state index contributed by atoms with van der Waals surface area (Å²) in [6.07, 6.45) is 0. The maximum Gasteiger partial charge on any atom is 0.248 e. The molecule has 1 aliphatic rings. The maximum absolute atomic E-state index is 12.3. The lowest BCUT2D eigenvalue weighted by molar-refractivity contribution is -0.116. The van der Waals surface area contributed by atoms with Gasteiger partial charge in [0, 0.05) is 43.6 Å². The molecule has 27 heavy (non-hydrogen) atoms. The zero-order valence-electron chi connectivity index (χ0n) is 16.6. The Labute approximate surface area is 160 Å². The molecule has 1 aliphatic heterocycles. The van der Waals surface area contributed by atoms with Gasteiger partial charge in [0.15, 0.2) is 0 Å². The van der Waals surface area contributed by atoms with Crippen LogP contribution in [0.1, 0.15) is 25.1 Å². The number of nitrogens with one attached hydrogen (secondary N) is 2. The van der Waals surface area contributed by atoms with E-state index in [0.717, 1.165) is 49.7 Å². The zero-order valence-corrected chi connectivity index (χ0v) is 16.6. The molecule has 1 saturated heterocycles. The summed E-state index contributed by atoms with van der Waals surface area (Å²) in [6.45, 7) is 13.3. The van der Waals surface area contributed by atoms with Crippen LogP contribution in [0.2, 0.25) is 0 Å². The van der Waals surface area contributed by atoms with Crippen molar-refractivity contribution in [2.24, 2.45) is 0 Å². The molecule has 3 rings (SSSR count). The van der Waals surface area contributed by atoms with E-state index in [4.69, 9.17) is 4.52 Å². The van der Waals surface area contributed by atoms with Crippen LogP contribution in [0.4, 0.5) is 17.3 Å². The average molecular weight is 371 g/mol. The van der Waals surface area contributed by atoms with Crippen molar-refractivity contribution in [2.75, 3.05) is 48.3 Å². The number of rotatable bonds is 6. The van der Waals surface area contributed by atoms with E-state index < -0.39 is 6.04 Å². The van der Waals surface area contributed by atoms with Gasteiger partial charge in [-0.25, -0.2) is 0 Å². The van der Waals surface area contributed by atoms with Crippen molar-refractivity contribution in [3.05, 3.63) is 35.5 Å². The lowest BCUT2D eigenvalue weighted by Crippen LogP contribution is -2.46. The van der Waals surface area contributed by atoms with Gasteiger partial charge in [-0.2, -0.15) is 0 Å². The van der Waals surface area contributed by atoms with Crippen LogP contribution in [-0.4, -0.2) is 54.7 Å². The van der Waals surface area contributed by atoms with Gasteiger partial charge in [-0.1, -0.05) is 12.1 Å². The van der Waals surface area contributed by atoms with Crippen LogP contribution in [0.25, 0.3) is 0 Å². The molecule has 1 fully saturated rings. The summed E-state index contributed by atoms with van der Waals surface area (Å²) in [7, 11) is 0. The summed E-state index contributed by atoms with van der Waals surface area (Å²) >= 11 is 0. The Morgan fingerprint density at radius 3 is 2.56 bits per heavy atom.